The third-order valence-electron chi connectivity index (χ3n) is 5.60. The van der Waals surface area contributed by atoms with Gasteiger partial charge in [-0.2, -0.15) is 0 Å². The van der Waals surface area contributed by atoms with Crippen LogP contribution in [0.1, 0.15) is 40.0 Å². The van der Waals surface area contributed by atoms with Crippen molar-refractivity contribution in [3.8, 4) is 0 Å². The van der Waals surface area contributed by atoms with Crippen LogP contribution in [0, 0.1) is 29.1 Å². The molecule has 0 unspecified atom stereocenters. The number of esters is 2. The lowest BCUT2D eigenvalue weighted by atomic mass is 9.66. The highest BCUT2D eigenvalue weighted by Gasteiger charge is 2.54. The molecule has 0 N–H and O–H groups in total. The van der Waals surface area contributed by atoms with Crippen LogP contribution in [0.15, 0.2) is 0 Å². The minimum absolute atomic E-state index is 0.00498. The molecule has 0 aromatic rings. The molecule has 0 amide bonds. The van der Waals surface area contributed by atoms with E-state index in [2.05, 4.69) is 13.8 Å². The van der Waals surface area contributed by atoms with Crippen molar-refractivity contribution in [3.63, 3.8) is 0 Å². The van der Waals surface area contributed by atoms with E-state index in [0.29, 0.717) is 24.9 Å². The van der Waals surface area contributed by atoms with Crippen LogP contribution < -0.4 is 0 Å². The molecular formula is C15H22O4. The highest BCUT2D eigenvalue weighted by atomic mass is 16.6. The molecule has 19 heavy (non-hydrogen) atoms. The van der Waals surface area contributed by atoms with Gasteiger partial charge in [0.2, 0.25) is 0 Å². The van der Waals surface area contributed by atoms with Crippen LogP contribution in [0.25, 0.3) is 0 Å². The molecular weight excluding hydrogens is 244 g/mol. The van der Waals surface area contributed by atoms with Crippen LogP contribution >= 0.6 is 0 Å². The largest absolute Gasteiger partial charge is 0.465 e. The maximum Gasteiger partial charge on any atom is 0.309 e. The number of hydrogen-bond acceptors (Lipinski definition) is 4. The number of cyclic esters (lactones) is 1. The van der Waals surface area contributed by atoms with Gasteiger partial charge in [0.05, 0.1) is 12.5 Å². The van der Waals surface area contributed by atoms with Crippen LogP contribution in [-0.2, 0) is 19.1 Å². The summed E-state index contributed by atoms with van der Waals surface area (Å²) in [6, 6.07) is 0. The van der Waals surface area contributed by atoms with Gasteiger partial charge in [0.25, 0.3) is 0 Å². The minimum Gasteiger partial charge on any atom is -0.465 e. The lowest BCUT2D eigenvalue weighted by molar-refractivity contribution is -0.162. The van der Waals surface area contributed by atoms with Crippen molar-refractivity contribution in [2.45, 2.75) is 46.1 Å². The molecule has 3 rings (SSSR count). The molecule has 0 spiro atoms. The van der Waals surface area contributed by atoms with E-state index in [1.807, 2.05) is 6.92 Å². The summed E-state index contributed by atoms with van der Waals surface area (Å²) in [6.07, 6.45) is 2.36. The zero-order chi connectivity index (χ0) is 13.8. The second-order valence-corrected chi connectivity index (χ2v) is 6.97. The fourth-order valence-corrected chi connectivity index (χ4v) is 4.38. The molecule has 3 aliphatic rings. The van der Waals surface area contributed by atoms with Crippen molar-refractivity contribution < 1.29 is 19.1 Å². The Morgan fingerprint density at radius 3 is 2.74 bits per heavy atom. The molecule has 2 saturated heterocycles. The number of rotatable bonds is 0. The van der Waals surface area contributed by atoms with Gasteiger partial charge in [-0.05, 0) is 24.7 Å². The summed E-state index contributed by atoms with van der Waals surface area (Å²) >= 11 is 0. The predicted octanol–water partition coefficient (Wildman–Crippen LogP) is 2.16. The Morgan fingerprint density at radius 1 is 1.26 bits per heavy atom. The smallest absolute Gasteiger partial charge is 0.309 e. The number of carbonyl (C=O) groups excluding carboxylic acids is 2. The summed E-state index contributed by atoms with van der Waals surface area (Å²) in [4.78, 5) is 23.3. The molecule has 4 heteroatoms. The number of carbonyl (C=O) groups is 2. The van der Waals surface area contributed by atoms with Gasteiger partial charge in [-0.1, -0.05) is 20.8 Å². The summed E-state index contributed by atoms with van der Waals surface area (Å²) in [5.74, 6) is 0.867. The Kier molecular flexibility index (Phi) is 2.88. The lowest BCUT2D eigenvalue weighted by Gasteiger charge is -2.42. The monoisotopic (exact) mass is 266 g/mol. The molecule has 2 aliphatic heterocycles. The summed E-state index contributed by atoms with van der Waals surface area (Å²) in [7, 11) is 0. The summed E-state index contributed by atoms with van der Waals surface area (Å²) in [6.45, 7) is 6.85. The molecule has 0 aromatic heterocycles. The fraction of sp³-hybridized carbons (Fsp3) is 0.867. The van der Waals surface area contributed by atoms with Gasteiger partial charge in [0.1, 0.15) is 6.10 Å². The van der Waals surface area contributed by atoms with Gasteiger partial charge in [-0.15, -0.1) is 0 Å². The van der Waals surface area contributed by atoms with E-state index in [1.165, 1.54) is 0 Å². The molecule has 2 heterocycles. The topological polar surface area (TPSA) is 52.6 Å². The van der Waals surface area contributed by atoms with Crippen molar-refractivity contribution in [1.29, 1.82) is 0 Å². The van der Waals surface area contributed by atoms with Gasteiger partial charge < -0.3 is 9.47 Å². The second-order valence-electron chi connectivity index (χ2n) is 6.97. The highest BCUT2D eigenvalue weighted by molar-refractivity contribution is 5.75. The summed E-state index contributed by atoms with van der Waals surface area (Å²) in [5, 5.41) is 0. The van der Waals surface area contributed by atoms with E-state index in [4.69, 9.17) is 9.47 Å². The molecule has 3 fully saturated rings. The molecule has 4 nitrogen and oxygen atoms in total. The Labute approximate surface area is 113 Å². The molecule has 6 atom stereocenters. The Balaban J connectivity index is 1.91. The highest BCUT2D eigenvalue weighted by Crippen LogP contribution is 2.52. The van der Waals surface area contributed by atoms with Crippen LogP contribution in [0.3, 0.4) is 0 Å². The van der Waals surface area contributed by atoms with Gasteiger partial charge in [0.15, 0.2) is 0 Å². The van der Waals surface area contributed by atoms with E-state index < -0.39 is 0 Å². The second kappa shape index (κ2) is 4.22. The van der Waals surface area contributed by atoms with Gasteiger partial charge in [-0.25, -0.2) is 0 Å². The van der Waals surface area contributed by atoms with Crippen molar-refractivity contribution in [2.24, 2.45) is 29.1 Å². The third-order valence-corrected chi connectivity index (χ3v) is 5.60. The maximum absolute atomic E-state index is 11.8. The quantitative estimate of drug-likeness (QED) is 0.630. The van der Waals surface area contributed by atoms with E-state index in [1.54, 1.807) is 0 Å². The SMILES string of the molecule is C[C@@H]1C[C@@H]2OC(=O)[C@H](C)[C@H]2C[C@]2(C)COC(=O)C[C@@H]12. The van der Waals surface area contributed by atoms with Crippen LogP contribution in [0.2, 0.25) is 0 Å². The predicted molar refractivity (Wildman–Crippen MR) is 68.1 cm³/mol. The zero-order valence-electron chi connectivity index (χ0n) is 11.8. The molecule has 1 aliphatic carbocycles. The molecule has 106 valence electrons. The van der Waals surface area contributed by atoms with Crippen LogP contribution in [-0.4, -0.2) is 24.6 Å². The maximum atomic E-state index is 11.8. The van der Waals surface area contributed by atoms with E-state index >= 15 is 0 Å². The first-order valence-electron chi connectivity index (χ1n) is 7.27. The Bertz CT molecular complexity index is 418. The Hall–Kier alpha value is -1.06. The van der Waals surface area contributed by atoms with E-state index in [0.717, 1.165) is 12.8 Å². The first-order valence-corrected chi connectivity index (χ1v) is 7.27. The summed E-state index contributed by atoms with van der Waals surface area (Å²) in [5.41, 5.74) is -0.00498. The van der Waals surface area contributed by atoms with Gasteiger partial charge >= 0.3 is 11.9 Å². The van der Waals surface area contributed by atoms with Crippen molar-refractivity contribution in [2.75, 3.05) is 6.61 Å². The Morgan fingerprint density at radius 2 is 2.00 bits per heavy atom. The molecule has 0 aromatic carbocycles. The number of fused-ring (bicyclic) bond motifs is 2. The molecule has 1 saturated carbocycles. The first-order chi connectivity index (χ1) is 8.90. The van der Waals surface area contributed by atoms with Crippen molar-refractivity contribution >= 4 is 11.9 Å². The van der Waals surface area contributed by atoms with E-state index in [9.17, 15) is 9.59 Å². The third kappa shape index (κ3) is 1.96. The van der Waals surface area contributed by atoms with Crippen LogP contribution in [0.4, 0.5) is 0 Å². The van der Waals surface area contributed by atoms with E-state index in [-0.39, 0.29) is 35.3 Å². The van der Waals surface area contributed by atoms with Gasteiger partial charge in [0, 0.05) is 17.8 Å². The van der Waals surface area contributed by atoms with Crippen molar-refractivity contribution in [3.05, 3.63) is 0 Å². The van der Waals surface area contributed by atoms with Crippen LogP contribution in [0.5, 0.6) is 0 Å². The first kappa shape index (κ1) is 12.9. The zero-order valence-corrected chi connectivity index (χ0v) is 11.8. The average molecular weight is 266 g/mol. The number of ether oxygens (including phenoxy) is 2. The van der Waals surface area contributed by atoms with Crippen molar-refractivity contribution in [1.82, 2.24) is 0 Å². The van der Waals surface area contributed by atoms with Gasteiger partial charge in [-0.3, -0.25) is 9.59 Å². The molecule has 0 bridgehead atoms. The average Bonchev–Trinajstić information content (AvgIpc) is 2.54. The lowest BCUT2D eigenvalue weighted by Crippen LogP contribution is -2.43. The molecule has 0 radical (unpaired) electrons. The standard InChI is InChI=1S/C15H22O4/c1-8-4-12-10(9(2)14(17)19-12)6-15(3)7-18-13(16)5-11(8)15/h8-12H,4-7H2,1-3H3/t8-,9-,10-,11+,12+,15-/m1/s1. The fourth-order valence-electron chi connectivity index (χ4n) is 4.38. The minimum atomic E-state index is -0.0774. The summed E-state index contributed by atoms with van der Waals surface area (Å²) < 4.78 is 10.8. The number of hydrogen-bond donors (Lipinski definition) is 0. The normalized spacial score (nSPS) is 49.7.